The van der Waals surface area contributed by atoms with Crippen LogP contribution in [0.2, 0.25) is 5.02 Å². The SMILES string of the molecule is CCOc1ccc(/C=C2\SC(=O)N(c3ccc(Cl)cc3)C2=O)c(OCC)c1. The molecule has 2 aromatic carbocycles. The fraction of sp³-hybridized carbons (Fsp3) is 0.200. The number of halogens is 1. The molecule has 27 heavy (non-hydrogen) atoms. The van der Waals surface area contributed by atoms with Crippen molar-refractivity contribution in [3.8, 4) is 11.5 Å². The van der Waals surface area contributed by atoms with Crippen LogP contribution < -0.4 is 14.4 Å². The van der Waals surface area contributed by atoms with Crippen molar-refractivity contribution in [1.29, 1.82) is 0 Å². The van der Waals surface area contributed by atoms with Gasteiger partial charge in [-0.1, -0.05) is 11.6 Å². The Labute approximate surface area is 166 Å². The summed E-state index contributed by atoms with van der Waals surface area (Å²) in [7, 11) is 0. The second-order valence-electron chi connectivity index (χ2n) is 5.56. The summed E-state index contributed by atoms with van der Waals surface area (Å²) in [6, 6.07) is 12.0. The van der Waals surface area contributed by atoms with Crippen molar-refractivity contribution in [1.82, 2.24) is 0 Å². The average Bonchev–Trinajstić information content (AvgIpc) is 2.92. The second kappa shape index (κ2) is 8.50. The van der Waals surface area contributed by atoms with Crippen molar-refractivity contribution in [3.05, 3.63) is 58.0 Å². The highest BCUT2D eigenvalue weighted by molar-refractivity contribution is 8.19. The number of thioether (sulfide) groups is 1. The van der Waals surface area contributed by atoms with E-state index in [1.54, 1.807) is 42.5 Å². The van der Waals surface area contributed by atoms with Gasteiger partial charge in [0.25, 0.3) is 11.1 Å². The number of anilines is 1. The zero-order valence-electron chi connectivity index (χ0n) is 14.9. The van der Waals surface area contributed by atoms with Gasteiger partial charge < -0.3 is 9.47 Å². The van der Waals surface area contributed by atoms with Crippen molar-refractivity contribution in [2.24, 2.45) is 0 Å². The van der Waals surface area contributed by atoms with E-state index in [1.165, 1.54) is 0 Å². The topological polar surface area (TPSA) is 55.8 Å². The van der Waals surface area contributed by atoms with E-state index in [9.17, 15) is 9.59 Å². The largest absolute Gasteiger partial charge is 0.494 e. The van der Waals surface area contributed by atoms with Gasteiger partial charge in [-0.3, -0.25) is 9.59 Å². The van der Waals surface area contributed by atoms with Crippen LogP contribution in [0.15, 0.2) is 47.4 Å². The van der Waals surface area contributed by atoms with E-state index >= 15 is 0 Å². The van der Waals surface area contributed by atoms with Gasteiger partial charge in [-0.05, 0) is 68.1 Å². The Bertz CT molecular complexity index is 895. The summed E-state index contributed by atoms with van der Waals surface area (Å²) >= 11 is 6.78. The molecule has 1 saturated heterocycles. The Kier molecular flexibility index (Phi) is 6.08. The van der Waals surface area contributed by atoms with Crippen molar-refractivity contribution in [3.63, 3.8) is 0 Å². The minimum atomic E-state index is -0.372. The third kappa shape index (κ3) is 4.28. The molecular weight excluding hydrogens is 386 g/mol. The van der Waals surface area contributed by atoms with E-state index < -0.39 is 0 Å². The first-order valence-electron chi connectivity index (χ1n) is 8.46. The molecule has 0 unspecified atom stereocenters. The van der Waals surface area contributed by atoms with Crippen LogP contribution in [0.25, 0.3) is 6.08 Å². The molecule has 5 nitrogen and oxygen atoms in total. The smallest absolute Gasteiger partial charge is 0.298 e. The summed E-state index contributed by atoms with van der Waals surface area (Å²) in [5, 5.41) is 0.189. The lowest BCUT2D eigenvalue weighted by molar-refractivity contribution is -0.113. The first kappa shape index (κ1) is 19.3. The molecule has 3 rings (SSSR count). The lowest BCUT2D eigenvalue weighted by Crippen LogP contribution is -2.27. The lowest BCUT2D eigenvalue weighted by atomic mass is 10.1. The van der Waals surface area contributed by atoms with Gasteiger partial charge in [0, 0.05) is 16.7 Å². The Hall–Kier alpha value is -2.44. The van der Waals surface area contributed by atoms with Gasteiger partial charge in [0.05, 0.1) is 23.8 Å². The highest BCUT2D eigenvalue weighted by Crippen LogP contribution is 2.37. The van der Waals surface area contributed by atoms with Crippen molar-refractivity contribution < 1.29 is 19.1 Å². The van der Waals surface area contributed by atoms with Gasteiger partial charge in [0.1, 0.15) is 11.5 Å². The zero-order chi connectivity index (χ0) is 19.4. The molecule has 0 radical (unpaired) electrons. The Morgan fingerprint density at radius 1 is 1.04 bits per heavy atom. The van der Waals surface area contributed by atoms with Crippen molar-refractivity contribution in [2.75, 3.05) is 18.1 Å². The first-order chi connectivity index (χ1) is 13.0. The molecule has 1 heterocycles. The summed E-state index contributed by atoms with van der Waals surface area (Å²) in [5.74, 6) is 0.915. The molecular formula is C20H18ClNO4S. The number of hydrogen-bond acceptors (Lipinski definition) is 5. The Morgan fingerprint density at radius 3 is 2.41 bits per heavy atom. The van der Waals surface area contributed by atoms with Crippen molar-refractivity contribution in [2.45, 2.75) is 13.8 Å². The Morgan fingerprint density at radius 2 is 1.74 bits per heavy atom. The van der Waals surface area contributed by atoms with E-state index in [4.69, 9.17) is 21.1 Å². The maximum absolute atomic E-state index is 12.8. The van der Waals surface area contributed by atoms with Crippen LogP contribution in [0.5, 0.6) is 11.5 Å². The van der Waals surface area contributed by atoms with Gasteiger partial charge in [-0.15, -0.1) is 0 Å². The van der Waals surface area contributed by atoms with Gasteiger partial charge in [0.2, 0.25) is 0 Å². The molecule has 140 valence electrons. The van der Waals surface area contributed by atoms with E-state index in [2.05, 4.69) is 0 Å². The van der Waals surface area contributed by atoms with E-state index in [0.29, 0.717) is 45.9 Å². The highest BCUT2D eigenvalue weighted by Gasteiger charge is 2.36. The number of carbonyl (C=O) groups is 2. The molecule has 0 aromatic heterocycles. The maximum Gasteiger partial charge on any atom is 0.298 e. The van der Waals surface area contributed by atoms with Crippen LogP contribution in [-0.4, -0.2) is 24.4 Å². The Balaban J connectivity index is 1.92. The normalized spacial score (nSPS) is 15.5. The number of imide groups is 1. The number of rotatable bonds is 6. The van der Waals surface area contributed by atoms with Crippen LogP contribution in [0.4, 0.5) is 10.5 Å². The minimum Gasteiger partial charge on any atom is -0.494 e. The molecule has 0 N–H and O–H groups in total. The summed E-state index contributed by atoms with van der Waals surface area (Å²) in [6.07, 6.45) is 1.67. The monoisotopic (exact) mass is 403 g/mol. The third-order valence-electron chi connectivity index (χ3n) is 3.76. The fourth-order valence-corrected chi connectivity index (χ4v) is 3.55. The molecule has 1 aliphatic rings. The summed E-state index contributed by atoms with van der Waals surface area (Å²) in [5.41, 5.74) is 1.20. The summed E-state index contributed by atoms with van der Waals surface area (Å²) in [6.45, 7) is 4.81. The molecule has 2 aromatic rings. The number of carbonyl (C=O) groups excluding carboxylic acids is 2. The number of amides is 2. The average molecular weight is 404 g/mol. The summed E-state index contributed by atoms with van der Waals surface area (Å²) in [4.78, 5) is 26.6. The molecule has 0 bridgehead atoms. The predicted octanol–water partition coefficient (Wildman–Crippen LogP) is 5.38. The lowest BCUT2D eigenvalue weighted by Gasteiger charge is -2.12. The highest BCUT2D eigenvalue weighted by atomic mass is 35.5. The molecule has 0 spiro atoms. The van der Waals surface area contributed by atoms with Crippen LogP contribution >= 0.6 is 23.4 Å². The van der Waals surface area contributed by atoms with Gasteiger partial charge in [0.15, 0.2) is 0 Å². The standard InChI is InChI=1S/C20H18ClNO4S/c1-3-25-16-10-5-13(17(12-16)26-4-2)11-18-19(23)22(20(24)27-18)15-8-6-14(21)7-9-15/h5-12H,3-4H2,1-2H3/b18-11-. The maximum atomic E-state index is 12.8. The molecule has 0 aliphatic carbocycles. The van der Waals surface area contributed by atoms with Gasteiger partial charge in [-0.25, -0.2) is 4.90 Å². The molecule has 0 saturated carbocycles. The predicted molar refractivity (Wildman–Crippen MR) is 109 cm³/mol. The first-order valence-corrected chi connectivity index (χ1v) is 9.66. The van der Waals surface area contributed by atoms with Crippen LogP contribution in [0.1, 0.15) is 19.4 Å². The van der Waals surface area contributed by atoms with Gasteiger partial charge in [-0.2, -0.15) is 0 Å². The molecule has 0 atom stereocenters. The molecule has 1 fully saturated rings. The third-order valence-corrected chi connectivity index (χ3v) is 4.88. The number of hydrogen-bond donors (Lipinski definition) is 0. The fourth-order valence-electron chi connectivity index (χ4n) is 2.59. The quantitative estimate of drug-likeness (QED) is 0.606. The van der Waals surface area contributed by atoms with Crippen molar-refractivity contribution >= 4 is 46.3 Å². The molecule has 1 aliphatic heterocycles. The van der Waals surface area contributed by atoms with E-state index in [0.717, 1.165) is 16.7 Å². The molecule has 7 heteroatoms. The van der Waals surface area contributed by atoms with E-state index in [1.807, 2.05) is 19.9 Å². The van der Waals surface area contributed by atoms with Crippen LogP contribution in [0, 0.1) is 0 Å². The number of nitrogens with zero attached hydrogens (tertiary/aromatic N) is 1. The second-order valence-corrected chi connectivity index (χ2v) is 6.99. The molecule has 2 amide bonds. The van der Waals surface area contributed by atoms with E-state index in [-0.39, 0.29) is 11.1 Å². The summed E-state index contributed by atoms with van der Waals surface area (Å²) < 4.78 is 11.2. The van der Waals surface area contributed by atoms with Crippen LogP contribution in [-0.2, 0) is 4.79 Å². The van der Waals surface area contributed by atoms with Gasteiger partial charge >= 0.3 is 0 Å². The number of ether oxygens (including phenoxy) is 2. The minimum absolute atomic E-state index is 0.333. The van der Waals surface area contributed by atoms with Crippen LogP contribution in [0.3, 0.4) is 0 Å². The zero-order valence-corrected chi connectivity index (χ0v) is 16.5. The number of benzene rings is 2.